The van der Waals surface area contributed by atoms with E-state index in [1.165, 1.54) is 11.8 Å². The Morgan fingerprint density at radius 1 is 1.26 bits per heavy atom. The molecule has 2 aromatic carbocycles. The molecule has 0 saturated carbocycles. The highest BCUT2D eigenvalue weighted by atomic mass is 32.2. The third-order valence-corrected chi connectivity index (χ3v) is 4.48. The van der Waals surface area contributed by atoms with Crippen LogP contribution in [0.5, 0.6) is 0 Å². The number of hydrogen-bond donors (Lipinski definition) is 2. The Labute approximate surface area is 137 Å². The van der Waals surface area contributed by atoms with Gasteiger partial charge in [0, 0.05) is 17.0 Å². The number of nitriles is 1. The second-order valence-electron chi connectivity index (χ2n) is 5.04. The van der Waals surface area contributed by atoms with Crippen LogP contribution in [0.2, 0.25) is 0 Å². The number of nitrogens with one attached hydrogen (secondary N) is 2. The van der Waals surface area contributed by atoms with Crippen LogP contribution >= 0.6 is 11.8 Å². The molecule has 2 amide bonds. The zero-order valence-corrected chi connectivity index (χ0v) is 12.9. The number of amides is 2. The van der Waals surface area contributed by atoms with Gasteiger partial charge in [-0.3, -0.25) is 9.59 Å². The van der Waals surface area contributed by atoms with Crippen LogP contribution in [0.1, 0.15) is 21.5 Å². The lowest BCUT2D eigenvalue weighted by atomic mass is 10.1. The zero-order valence-electron chi connectivity index (χ0n) is 12.1. The highest BCUT2D eigenvalue weighted by molar-refractivity contribution is 8.00. The monoisotopic (exact) mass is 323 g/mol. The van der Waals surface area contributed by atoms with Crippen LogP contribution in [0.4, 0.5) is 5.69 Å². The van der Waals surface area contributed by atoms with E-state index < -0.39 is 0 Å². The first-order valence-electron chi connectivity index (χ1n) is 6.99. The molecule has 0 spiro atoms. The summed E-state index contributed by atoms with van der Waals surface area (Å²) in [7, 11) is 0. The normalized spacial score (nSPS) is 12.7. The highest BCUT2D eigenvalue weighted by Crippen LogP contribution is 2.31. The minimum Gasteiger partial charge on any atom is -0.348 e. The van der Waals surface area contributed by atoms with E-state index in [2.05, 4.69) is 16.7 Å². The predicted octanol–water partition coefficient (Wildman–Crippen LogP) is 2.53. The van der Waals surface area contributed by atoms with Crippen molar-refractivity contribution in [3.63, 3.8) is 0 Å². The van der Waals surface area contributed by atoms with Gasteiger partial charge < -0.3 is 10.6 Å². The number of anilines is 1. The van der Waals surface area contributed by atoms with Crippen LogP contribution in [-0.2, 0) is 11.3 Å². The molecule has 1 aliphatic heterocycles. The van der Waals surface area contributed by atoms with Gasteiger partial charge >= 0.3 is 0 Å². The first-order valence-corrected chi connectivity index (χ1v) is 7.98. The number of carbonyl (C=O) groups excluding carboxylic acids is 2. The van der Waals surface area contributed by atoms with Crippen LogP contribution in [0.3, 0.4) is 0 Å². The van der Waals surface area contributed by atoms with Gasteiger partial charge in [0.15, 0.2) is 0 Å². The summed E-state index contributed by atoms with van der Waals surface area (Å²) in [5.74, 6) is 0.136. The van der Waals surface area contributed by atoms with Gasteiger partial charge in [0.25, 0.3) is 5.91 Å². The predicted molar refractivity (Wildman–Crippen MR) is 88.1 cm³/mol. The van der Waals surface area contributed by atoms with E-state index in [1.54, 1.807) is 24.3 Å². The van der Waals surface area contributed by atoms with E-state index >= 15 is 0 Å². The Balaban J connectivity index is 1.67. The van der Waals surface area contributed by atoms with E-state index in [-0.39, 0.29) is 11.8 Å². The van der Waals surface area contributed by atoms with E-state index in [1.807, 2.05) is 18.2 Å². The molecule has 0 fully saturated rings. The van der Waals surface area contributed by atoms with E-state index in [4.69, 9.17) is 5.26 Å². The smallest absolute Gasteiger partial charge is 0.251 e. The van der Waals surface area contributed by atoms with Gasteiger partial charge in [0.2, 0.25) is 5.91 Å². The summed E-state index contributed by atoms with van der Waals surface area (Å²) in [6, 6.07) is 14.4. The first-order chi connectivity index (χ1) is 11.2. The van der Waals surface area contributed by atoms with Crippen LogP contribution in [0.15, 0.2) is 47.4 Å². The molecule has 1 aliphatic rings. The number of fused-ring (bicyclic) bond motifs is 1. The summed E-state index contributed by atoms with van der Waals surface area (Å²) in [5.41, 5.74) is 2.68. The van der Waals surface area contributed by atoms with Crippen molar-refractivity contribution in [1.29, 1.82) is 5.26 Å². The maximum Gasteiger partial charge on any atom is 0.251 e. The molecule has 6 heteroatoms. The molecule has 114 valence electrons. The summed E-state index contributed by atoms with van der Waals surface area (Å²) in [5, 5.41) is 14.4. The number of benzene rings is 2. The lowest BCUT2D eigenvalue weighted by Gasteiger charge is -2.17. The standard InChI is InChI=1S/C17H13N3O2S/c18-8-11-1-3-12(4-2-11)9-19-17(22)13-5-6-15-14(7-13)20-16(21)10-23-15/h1-7H,9-10H2,(H,19,22)(H,20,21). The van der Waals surface area contributed by atoms with Crippen LogP contribution < -0.4 is 10.6 Å². The van der Waals surface area contributed by atoms with Gasteiger partial charge in [0.1, 0.15) is 0 Å². The number of rotatable bonds is 3. The summed E-state index contributed by atoms with van der Waals surface area (Å²) < 4.78 is 0. The van der Waals surface area contributed by atoms with E-state index in [9.17, 15) is 9.59 Å². The Morgan fingerprint density at radius 3 is 2.78 bits per heavy atom. The number of hydrogen-bond acceptors (Lipinski definition) is 4. The molecule has 2 N–H and O–H groups in total. The van der Waals surface area contributed by atoms with Crippen LogP contribution in [0.25, 0.3) is 0 Å². The van der Waals surface area contributed by atoms with Crippen molar-refractivity contribution in [3.05, 3.63) is 59.2 Å². The van der Waals surface area contributed by atoms with Crippen molar-refractivity contribution in [1.82, 2.24) is 5.32 Å². The maximum absolute atomic E-state index is 12.2. The minimum atomic E-state index is -0.206. The Bertz CT molecular complexity index is 810. The van der Waals surface area contributed by atoms with Gasteiger partial charge in [-0.05, 0) is 35.9 Å². The molecule has 0 radical (unpaired) electrons. The summed E-state index contributed by atoms with van der Waals surface area (Å²) in [4.78, 5) is 24.6. The van der Waals surface area contributed by atoms with Gasteiger partial charge in [-0.2, -0.15) is 5.26 Å². The molecule has 0 atom stereocenters. The van der Waals surface area contributed by atoms with Crippen molar-refractivity contribution in [2.45, 2.75) is 11.4 Å². The molecule has 0 unspecified atom stereocenters. The van der Waals surface area contributed by atoms with Crippen molar-refractivity contribution in [2.24, 2.45) is 0 Å². The van der Waals surface area contributed by atoms with Gasteiger partial charge in [-0.1, -0.05) is 12.1 Å². The van der Waals surface area contributed by atoms with Crippen molar-refractivity contribution in [2.75, 3.05) is 11.1 Å². The minimum absolute atomic E-state index is 0.0577. The average Bonchev–Trinajstić information content (AvgIpc) is 2.59. The summed E-state index contributed by atoms with van der Waals surface area (Å²) >= 11 is 1.46. The van der Waals surface area contributed by atoms with Gasteiger partial charge in [0.05, 0.1) is 23.1 Å². The maximum atomic E-state index is 12.2. The van der Waals surface area contributed by atoms with Crippen LogP contribution in [-0.4, -0.2) is 17.6 Å². The highest BCUT2D eigenvalue weighted by Gasteiger charge is 2.17. The Kier molecular flexibility index (Phi) is 4.31. The van der Waals surface area contributed by atoms with Crippen molar-refractivity contribution >= 4 is 29.3 Å². The number of thioether (sulfide) groups is 1. The van der Waals surface area contributed by atoms with Gasteiger partial charge in [-0.15, -0.1) is 11.8 Å². The molecule has 3 rings (SSSR count). The fraction of sp³-hybridized carbons (Fsp3) is 0.118. The third-order valence-electron chi connectivity index (χ3n) is 3.41. The molecule has 2 aromatic rings. The molecule has 0 aromatic heterocycles. The molecule has 23 heavy (non-hydrogen) atoms. The molecular weight excluding hydrogens is 310 g/mol. The second-order valence-corrected chi connectivity index (χ2v) is 6.06. The van der Waals surface area contributed by atoms with Crippen molar-refractivity contribution in [3.8, 4) is 6.07 Å². The van der Waals surface area contributed by atoms with E-state index in [0.717, 1.165) is 10.5 Å². The first kappa shape index (κ1) is 15.1. The fourth-order valence-corrected chi connectivity index (χ4v) is 2.99. The van der Waals surface area contributed by atoms with Crippen LogP contribution in [0, 0.1) is 11.3 Å². The Morgan fingerprint density at radius 2 is 2.04 bits per heavy atom. The van der Waals surface area contributed by atoms with Gasteiger partial charge in [-0.25, -0.2) is 0 Å². The fourth-order valence-electron chi connectivity index (χ4n) is 2.21. The average molecular weight is 323 g/mol. The quantitative estimate of drug-likeness (QED) is 0.909. The lowest BCUT2D eigenvalue weighted by molar-refractivity contribution is -0.113. The van der Waals surface area contributed by atoms with E-state index in [0.29, 0.717) is 29.1 Å². The molecule has 1 heterocycles. The second kappa shape index (κ2) is 6.55. The van der Waals surface area contributed by atoms with Crippen molar-refractivity contribution < 1.29 is 9.59 Å². The molecule has 0 saturated heterocycles. The topological polar surface area (TPSA) is 82.0 Å². The largest absolute Gasteiger partial charge is 0.348 e. The molecule has 0 aliphatic carbocycles. The number of nitrogens with zero attached hydrogens (tertiary/aromatic N) is 1. The summed E-state index contributed by atoms with van der Waals surface area (Å²) in [6.07, 6.45) is 0. The number of carbonyl (C=O) groups is 2. The Hall–Kier alpha value is -2.78. The summed E-state index contributed by atoms with van der Waals surface area (Å²) in [6.45, 7) is 0.378. The third kappa shape index (κ3) is 3.52. The zero-order chi connectivity index (χ0) is 16.2. The lowest BCUT2D eigenvalue weighted by Crippen LogP contribution is -2.24. The molecule has 0 bridgehead atoms. The molecular formula is C17H13N3O2S. The molecule has 5 nitrogen and oxygen atoms in total. The SMILES string of the molecule is N#Cc1ccc(CNC(=O)c2ccc3c(c2)NC(=O)CS3)cc1.